The first kappa shape index (κ1) is 11.9. The van der Waals surface area contributed by atoms with Gasteiger partial charge in [-0.25, -0.2) is 0 Å². The van der Waals surface area contributed by atoms with E-state index in [4.69, 9.17) is 0 Å². The van der Waals surface area contributed by atoms with Crippen molar-refractivity contribution in [3.8, 4) is 0 Å². The summed E-state index contributed by atoms with van der Waals surface area (Å²) in [5, 5.41) is 9.71. The van der Waals surface area contributed by atoms with Gasteiger partial charge in [0.1, 0.15) is 0 Å². The van der Waals surface area contributed by atoms with Crippen LogP contribution >= 0.6 is 0 Å². The average Bonchev–Trinajstić information content (AvgIpc) is 2.00. The molecule has 0 aliphatic heterocycles. The molecule has 1 unspecified atom stereocenters. The lowest BCUT2D eigenvalue weighted by Crippen LogP contribution is -2.16. The van der Waals surface area contributed by atoms with Crippen LogP contribution in [0.15, 0.2) is 48.6 Å². The normalized spacial score (nSPS) is 16.0. The molecule has 0 amide bonds. The molecule has 0 aliphatic rings. The van der Waals surface area contributed by atoms with Crippen molar-refractivity contribution in [2.45, 2.75) is 26.4 Å². The van der Waals surface area contributed by atoms with Crippen molar-refractivity contribution in [2.75, 3.05) is 0 Å². The maximum Gasteiger partial charge on any atom is 0.0986 e. The Morgan fingerprint density at radius 3 is 2.23 bits per heavy atom. The van der Waals surface area contributed by atoms with Crippen LogP contribution in [0.1, 0.15) is 20.8 Å². The molecular formula is C12H18O. The van der Waals surface area contributed by atoms with E-state index in [2.05, 4.69) is 6.58 Å². The van der Waals surface area contributed by atoms with Gasteiger partial charge in [-0.15, -0.1) is 0 Å². The van der Waals surface area contributed by atoms with E-state index in [0.717, 1.165) is 0 Å². The summed E-state index contributed by atoms with van der Waals surface area (Å²) in [5.74, 6) is 0. The Morgan fingerprint density at radius 1 is 1.23 bits per heavy atom. The van der Waals surface area contributed by atoms with Crippen LogP contribution in [0.5, 0.6) is 0 Å². The molecule has 1 nitrogen and oxygen atoms in total. The molecule has 0 aromatic rings. The van der Waals surface area contributed by atoms with E-state index in [1.165, 1.54) is 5.57 Å². The van der Waals surface area contributed by atoms with Crippen molar-refractivity contribution in [3.05, 3.63) is 48.6 Å². The molecule has 1 heteroatoms. The van der Waals surface area contributed by atoms with Crippen LogP contribution in [0.2, 0.25) is 0 Å². The van der Waals surface area contributed by atoms with Crippen LogP contribution in [0.25, 0.3) is 0 Å². The maximum atomic E-state index is 9.71. The third kappa shape index (κ3) is 7.29. The van der Waals surface area contributed by atoms with Gasteiger partial charge in [-0.1, -0.05) is 36.5 Å². The Bertz CT molecular complexity index is 238. The Morgan fingerprint density at radius 2 is 1.77 bits per heavy atom. The highest BCUT2D eigenvalue weighted by Crippen LogP contribution is 2.07. The van der Waals surface area contributed by atoms with Crippen molar-refractivity contribution < 1.29 is 5.11 Å². The van der Waals surface area contributed by atoms with Crippen LogP contribution < -0.4 is 0 Å². The van der Waals surface area contributed by atoms with Gasteiger partial charge < -0.3 is 5.11 Å². The Balaban J connectivity index is 4.32. The summed E-state index contributed by atoms with van der Waals surface area (Å²) in [5.41, 5.74) is 0.319. The van der Waals surface area contributed by atoms with Crippen molar-refractivity contribution in [3.63, 3.8) is 0 Å². The third-order valence-corrected chi connectivity index (χ3v) is 1.43. The summed E-state index contributed by atoms with van der Waals surface area (Å²) < 4.78 is 0. The largest absolute Gasteiger partial charge is 0.382 e. The molecule has 1 N–H and O–H groups in total. The summed E-state index contributed by atoms with van der Waals surface area (Å²) in [6.45, 7) is 9.29. The Labute approximate surface area is 80.8 Å². The number of aliphatic hydroxyl groups is 1. The van der Waals surface area contributed by atoms with E-state index >= 15 is 0 Å². The molecule has 0 bridgehead atoms. The first-order valence-corrected chi connectivity index (χ1v) is 4.33. The molecule has 13 heavy (non-hydrogen) atoms. The molecular weight excluding hydrogens is 160 g/mol. The van der Waals surface area contributed by atoms with Gasteiger partial charge in [0.25, 0.3) is 0 Å². The molecule has 0 spiro atoms. The van der Waals surface area contributed by atoms with Crippen molar-refractivity contribution in [1.82, 2.24) is 0 Å². The van der Waals surface area contributed by atoms with Crippen LogP contribution in [0, 0.1) is 0 Å². The minimum absolute atomic E-state index is 0.889. The van der Waals surface area contributed by atoms with Crippen molar-refractivity contribution in [1.29, 1.82) is 0 Å². The van der Waals surface area contributed by atoms with Crippen LogP contribution in [-0.4, -0.2) is 10.7 Å². The first-order valence-electron chi connectivity index (χ1n) is 4.33. The molecule has 0 radical (unpaired) electrons. The molecule has 1 atom stereocenters. The van der Waals surface area contributed by atoms with E-state index in [1.54, 1.807) is 31.2 Å². The highest BCUT2D eigenvalue weighted by atomic mass is 16.3. The minimum Gasteiger partial charge on any atom is -0.382 e. The minimum atomic E-state index is -0.889. The van der Waals surface area contributed by atoms with Gasteiger partial charge in [0, 0.05) is 0 Å². The number of hydrogen-bond donors (Lipinski definition) is 1. The number of hydrogen-bond acceptors (Lipinski definition) is 1. The van der Waals surface area contributed by atoms with Gasteiger partial charge in [0.15, 0.2) is 0 Å². The molecule has 0 saturated carbocycles. The number of rotatable bonds is 4. The Kier molecular flexibility index (Phi) is 5.09. The lowest BCUT2D eigenvalue weighted by molar-refractivity contribution is 0.164. The predicted octanol–water partition coefficient (Wildman–Crippen LogP) is 3.00. The molecule has 0 aromatic heterocycles. The van der Waals surface area contributed by atoms with Gasteiger partial charge in [0.2, 0.25) is 0 Å². The fourth-order valence-electron chi connectivity index (χ4n) is 0.754. The van der Waals surface area contributed by atoms with Crippen LogP contribution in [0.3, 0.4) is 0 Å². The zero-order valence-electron chi connectivity index (χ0n) is 8.62. The second kappa shape index (κ2) is 5.55. The second-order valence-corrected chi connectivity index (χ2v) is 3.42. The number of allylic oxidation sites excluding steroid dienone is 5. The summed E-state index contributed by atoms with van der Waals surface area (Å²) in [6, 6.07) is 0. The Hall–Kier alpha value is -1.08. The zero-order chi connectivity index (χ0) is 10.3. The maximum absolute atomic E-state index is 9.71. The lowest BCUT2D eigenvalue weighted by atomic mass is 10.1. The van der Waals surface area contributed by atoms with Gasteiger partial charge in [0.05, 0.1) is 5.60 Å². The summed E-state index contributed by atoms with van der Waals surface area (Å²) >= 11 is 0. The highest BCUT2D eigenvalue weighted by Gasteiger charge is 2.08. The zero-order valence-corrected chi connectivity index (χ0v) is 8.62. The molecule has 0 saturated heterocycles. The van der Waals surface area contributed by atoms with E-state index in [-0.39, 0.29) is 0 Å². The quantitative estimate of drug-likeness (QED) is 0.656. The highest BCUT2D eigenvalue weighted by molar-refractivity contribution is 5.19. The van der Waals surface area contributed by atoms with Gasteiger partial charge in [-0.05, 0) is 32.9 Å². The lowest BCUT2D eigenvalue weighted by Gasteiger charge is -2.12. The molecule has 72 valence electrons. The topological polar surface area (TPSA) is 20.2 Å². The average molecular weight is 178 g/mol. The van der Waals surface area contributed by atoms with E-state index in [1.807, 2.05) is 26.0 Å². The van der Waals surface area contributed by atoms with Crippen molar-refractivity contribution >= 4 is 0 Å². The fourth-order valence-corrected chi connectivity index (χ4v) is 0.754. The summed E-state index contributed by atoms with van der Waals surface area (Å²) in [7, 11) is 0. The summed E-state index contributed by atoms with van der Waals surface area (Å²) in [4.78, 5) is 0. The van der Waals surface area contributed by atoms with Gasteiger partial charge >= 0.3 is 0 Å². The van der Waals surface area contributed by atoms with E-state index < -0.39 is 5.60 Å². The van der Waals surface area contributed by atoms with Gasteiger partial charge in [-0.3, -0.25) is 0 Å². The van der Waals surface area contributed by atoms with E-state index in [0.29, 0.717) is 0 Å². The molecule has 0 rings (SSSR count). The predicted molar refractivity (Wildman–Crippen MR) is 58.5 cm³/mol. The van der Waals surface area contributed by atoms with Gasteiger partial charge in [-0.2, -0.15) is 0 Å². The third-order valence-electron chi connectivity index (χ3n) is 1.43. The SMILES string of the molecule is C=C/C=C\C(C)(O)C=CC=C(C)C. The van der Waals surface area contributed by atoms with Crippen molar-refractivity contribution in [2.24, 2.45) is 0 Å². The fraction of sp³-hybridized carbons (Fsp3) is 0.333. The monoisotopic (exact) mass is 178 g/mol. The van der Waals surface area contributed by atoms with Crippen LogP contribution in [-0.2, 0) is 0 Å². The summed E-state index contributed by atoms with van der Waals surface area (Å²) in [6.07, 6.45) is 10.6. The standard InChI is InChI=1S/C12H18O/c1-5-6-9-12(4,13)10-7-8-11(2)3/h5-10,13H,1H2,2-4H3/b9-6-,10-7?. The first-order chi connectivity index (χ1) is 5.98. The molecule has 0 aromatic carbocycles. The molecule has 0 heterocycles. The smallest absolute Gasteiger partial charge is 0.0986 e. The molecule has 0 fully saturated rings. The molecule has 0 aliphatic carbocycles. The van der Waals surface area contributed by atoms with E-state index in [9.17, 15) is 5.11 Å². The second-order valence-electron chi connectivity index (χ2n) is 3.42. The van der Waals surface area contributed by atoms with Crippen LogP contribution in [0.4, 0.5) is 0 Å².